The monoisotopic (exact) mass is 258 g/mol. The van der Waals surface area contributed by atoms with Gasteiger partial charge in [0.15, 0.2) is 5.78 Å². The molecule has 3 heteroatoms. The van der Waals surface area contributed by atoms with E-state index in [0.29, 0.717) is 5.56 Å². The number of aryl methyl sites for hydroxylation is 1. The Morgan fingerprint density at radius 3 is 2.58 bits per heavy atom. The number of carbonyl (C=O) groups is 1. The predicted octanol–water partition coefficient (Wildman–Crippen LogP) is 4.17. The second-order valence-corrected chi connectivity index (χ2v) is 4.23. The summed E-state index contributed by atoms with van der Waals surface area (Å²) >= 11 is 0. The van der Waals surface area contributed by atoms with Gasteiger partial charge < -0.3 is 0 Å². The molecule has 0 aliphatic rings. The van der Waals surface area contributed by atoms with Crippen LogP contribution in [0.4, 0.5) is 8.78 Å². The smallest absolute Gasteiger partial charge is 0.185 e. The largest absolute Gasteiger partial charge is 0.289 e. The van der Waals surface area contributed by atoms with Crippen LogP contribution in [0, 0.1) is 18.6 Å². The molecule has 0 aromatic heterocycles. The van der Waals surface area contributed by atoms with Crippen LogP contribution in [0.2, 0.25) is 0 Å². The van der Waals surface area contributed by atoms with Gasteiger partial charge in [-0.2, -0.15) is 0 Å². The van der Waals surface area contributed by atoms with Crippen molar-refractivity contribution in [1.29, 1.82) is 0 Å². The van der Waals surface area contributed by atoms with Crippen molar-refractivity contribution < 1.29 is 13.6 Å². The highest BCUT2D eigenvalue weighted by Crippen LogP contribution is 2.12. The van der Waals surface area contributed by atoms with Crippen molar-refractivity contribution in [1.82, 2.24) is 0 Å². The van der Waals surface area contributed by atoms with Gasteiger partial charge in [0.25, 0.3) is 0 Å². The summed E-state index contributed by atoms with van der Waals surface area (Å²) < 4.78 is 26.1. The molecule has 96 valence electrons. The van der Waals surface area contributed by atoms with Crippen LogP contribution in [0.3, 0.4) is 0 Å². The number of carbonyl (C=O) groups excluding carboxylic acids is 1. The summed E-state index contributed by atoms with van der Waals surface area (Å²) in [5, 5.41) is 0. The van der Waals surface area contributed by atoms with Crippen molar-refractivity contribution in [3.8, 4) is 0 Å². The zero-order valence-electron chi connectivity index (χ0n) is 10.4. The molecule has 0 aliphatic heterocycles. The Labute approximate surface area is 110 Å². The molecule has 0 unspecified atom stereocenters. The normalized spacial score (nSPS) is 10.9. The van der Waals surface area contributed by atoms with E-state index in [1.807, 2.05) is 13.0 Å². The van der Waals surface area contributed by atoms with Gasteiger partial charge in [0.1, 0.15) is 11.6 Å². The molecule has 0 atom stereocenters. The third-order valence-electron chi connectivity index (χ3n) is 2.68. The lowest BCUT2D eigenvalue weighted by Gasteiger charge is -1.99. The number of allylic oxidation sites excluding steroid dienone is 1. The molecule has 0 amide bonds. The molecular weight excluding hydrogens is 246 g/mol. The summed E-state index contributed by atoms with van der Waals surface area (Å²) in [6.07, 6.45) is 2.63. The number of hydrogen-bond donors (Lipinski definition) is 0. The lowest BCUT2D eigenvalue weighted by Crippen LogP contribution is -1.94. The Kier molecular flexibility index (Phi) is 3.85. The third kappa shape index (κ3) is 3.35. The van der Waals surface area contributed by atoms with Gasteiger partial charge in [-0.3, -0.25) is 4.79 Å². The summed E-state index contributed by atoms with van der Waals surface area (Å²) in [6.45, 7) is 1.89. The quantitative estimate of drug-likeness (QED) is 0.596. The van der Waals surface area contributed by atoms with Crippen LogP contribution in [0.15, 0.2) is 48.5 Å². The van der Waals surface area contributed by atoms with E-state index in [2.05, 4.69) is 0 Å². The lowest BCUT2D eigenvalue weighted by molar-refractivity contribution is 0.104. The minimum Gasteiger partial charge on any atom is -0.289 e. The topological polar surface area (TPSA) is 17.1 Å². The van der Waals surface area contributed by atoms with Crippen molar-refractivity contribution >= 4 is 11.9 Å². The van der Waals surface area contributed by atoms with Crippen molar-refractivity contribution in [2.24, 2.45) is 0 Å². The van der Waals surface area contributed by atoms with Gasteiger partial charge in [-0.25, -0.2) is 8.78 Å². The average Bonchev–Trinajstić information content (AvgIpc) is 2.37. The standard InChI is InChI=1S/C16H12F2O/c1-11-3-2-4-13(9-11)16(19)8-6-12-5-7-14(17)10-15(12)18/h2-10H,1H3. The zero-order valence-corrected chi connectivity index (χ0v) is 10.4. The number of hydrogen-bond acceptors (Lipinski definition) is 1. The first-order chi connectivity index (χ1) is 9.06. The molecule has 1 nitrogen and oxygen atoms in total. The summed E-state index contributed by atoms with van der Waals surface area (Å²) in [4.78, 5) is 11.9. The summed E-state index contributed by atoms with van der Waals surface area (Å²) in [5.41, 5.74) is 1.70. The first kappa shape index (κ1) is 13.1. The molecule has 0 radical (unpaired) electrons. The van der Waals surface area contributed by atoms with Gasteiger partial charge >= 0.3 is 0 Å². The maximum Gasteiger partial charge on any atom is 0.185 e. The molecule has 0 aliphatic carbocycles. The lowest BCUT2D eigenvalue weighted by atomic mass is 10.1. The Balaban J connectivity index is 2.21. The summed E-state index contributed by atoms with van der Waals surface area (Å²) in [7, 11) is 0. The molecule has 0 spiro atoms. The molecule has 0 heterocycles. The van der Waals surface area contributed by atoms with Crippen molar-refractivity contribution in [3.05, 3.63) is 76.9 Å². The Hall–Kier alpha value is -2.29. The molecule has 0 bridgehead atoms. The summed E-state index contributed by atoms with van der Waals surface area (Å²) in [6, 6.07) is 10.4. The highest BCUT2D eigenvalue weighted by Gasteiger charge is 2.03. The van der Waals surface area contributed by atoms with Crippen molar-refractivity contribution in [3.63, 3.8) is 0 Å². The molecule has 0 N–H and O–H groups in total. The van der Waals surface area contributed by atoms with Gasteiger partial charge in [0.2, 0.25) is 0 Å². The third-order valence-corrected chi connectivity index (χ3v) is 2.68. The molecule has 2 aromatic carbocycles. The number of halogens is 2. The van der Waals surface area contributed by atoms with E-state index in [-0.39, 0.29) is 11.3 Å². The van der Waals surface area contributed by atoms with E-state index in [1.54, 1.807) is 18.2 Å². The second kappa shape index (κ2) is 5.57. The van der Waals surface area contributed by atoms with Crippen LogP contribution in [-0.2, 0) is 0 Å². The van der Waals surface area contributed by atoms with Crippen LogP contribution >= 0.6 is 0 Å². The predicted molar refractivity (Wildman–Crippen MR) is 70.9 cm³/mol. The van der Waals surface area contributed by atoms with Crippen LogP contribution in [-0.4, -0.2) is 5.78 Å². The Morgan fingerprint density at radius 1 is 1.11 bits per heavy atom. The summed E-state index contributed by atoms with van der Waals surface area (Å²) in [5.74, 6) is -1.54. The van der Waals surface area contributed by atoms with Crippen molar-refractivity contribution in [2.75, 3.05) is 0 Å². The SMILES string of the molecule is Cc1cccc(C(=O)C=Cc2ccc(F)cc2F)c1. The maximum atomic E-state index is 13.4. The molecule has 2 aromatic rings. The van der Waals surface area contributed by atoms with E-state index in [0.717, 1.165) is 17.7 Å². The van der Waals surface area contributed by atoms with E-state index in [4.69, 9.17) is 0 Å². The molecule has 2 rings (SSSR count). The minimum atomic E-state index is -0.687. The van der Waals surface area contributed by atoms with Gasteiger partial charge in [-0.15, -0.1) is 0 Å². The van der Waals surface area contributed by atoms with Gasteiger partial charge in [-0.1, -0.05) is 23.8 Å². The number of benzene rings is 2. The van der Waals surface area contributed by atoms with Crippen LogP contribution in [0.5, 0.6) is 0 Å². The van der Waals surface area contributed by atoms with Gasteiger partial charge in [-0.05, 0) is 37.3 Å². The van der Waals surface area contributed by atoms with Crippen LogP contribution in [0.1, 0.15) is 21.5 Å². The molecule has 0 saturated heterocycles. The maximum absolute atomic E-state index is 13.4. The molecule has 19 heavy (non-hydrogen) atoms. The fraction of sp³-hybridized carbons (Fsp3) is 0.0625. The van der Waals surface area contributed by atoms with E-state index < -0.39 is 11.6 Å². The number of rotatable bonds is 3. The first-order valence-corrected chi connectivity index (χ1v) is 5.80. The Morgan fingerprint density at radius 2 is 1.89 bits per heavy atom. The van der Waals surface area contributed by atoms with Crippen molar-refractivity contribution in [2.45, 2.75) is 6.92 Å². The molecular formula is C16H12F2O. The highest BCUT2D eigenvalue weighted by atomic mass is 19.1. The second-order valence-electron chi connectivity index (χ2n) is 4.23. The Bertz CT molecular complexity index is 645. The molecule has 0 fully saturated rings. The fourth-order valence-electron chi connectivity index (χ4n) is 1.70. The average molecular weight is 258 g/mol. The number of ketones is 1. The van der Waals surface area contributed by atoms with E-state index in [1.165, 1.54) is 18.2 Å². The van der Waals surface area contributed by atoms with E-state index in [9.17, 15) is 13.6 Å². The van der Waals surface area contributed by atoms with Crippen LogP contribution in [0.25, 0.3) is 6.08 Å². The van der Waals surface area contributed by atoms with Gasteiger partial charge in [0, 0.05) is 17.2 Å². The van der Waals surface area contributed by atoms with E-state index >= 15 is 0 Å². The fourth-order valence-corrected chi connectivity index (χ4v) is 1.70. The minimum absolute atomic E-state index is 0.183. The zero-order chi connectivity index (χ0) is 13.8. The van der Waals surface area contributed by atoms with Gasteiger partial charge in [0.05, 0.1) is 0 Å². The molecule has 0 saturated carbocycles. The van der Waals surface area contributed by atoms with Crippen LogP contribution < -0.4 is 0 Å². The highest BCUT2D eigenvalue weighted by molar-refractivity contribution is 6.06. The first-order valence-electron chi connectivity index (χ1n) is 5.80.